The Morgan fingerprint density at radius 3 is 2.32 bits per heavy atom. The Kier molecular flexibility index (Phi) is 8.96. The molecule has 2 unspecified atom stereocenters. The van der Waals surface area contributed by atoms with Crippen molar-refractivity contribution in [2.24, 2.45) is 5.92 Å². The maximum absolute atomic E-state index is 12.6. The molecule has 3 atom stereocenters. The van der Waals surface area contributed by atoms with Gasteiger partial charge in [-0.1, -0.05) is 28.1 Å². The molecule has 2 rings (SSSR count). The topological polar surface area (TPSA) is 81.7 Å². The Balaban J connectivity index is 1.99. The van der Waals surface area contributed by atoms with Gasteiger partial charge in [0.2, 0.25) is 0 Å². The second-order valence-corrected chi connectivity index (χ2v) is 7.49. The number of alkyl halides is 1. The highest BCUT2D eigenvalue weighted by molar-refractivity contribution is 9.09. The van der Waals surface area contributed by atoms with Gasteiger partial charge in [-0.15, -0.1) is 0 Å². The van der Waals surface area contributed by atoms with E-state index in [4.69, 9.17) is 9.47 Å². The SMILES string of the molecule is CCOC(=O)CC[C@H](NC(=O)c1ccc(C2CCC2CBr)cc1)C(=O)OCC. The van der Waals surface area contributed by atoms with Gasteiger partial charge in [-0.3, -0.25) is 9.59 Å². The van der Waals surface area contributed by atoms with Crippen LogP contribution < -0.4 is 5.32 Å². The zero-order chi connectivity index (χ0) is 20.5. The molecule has 154 valence electrons. The van der Waals surface area contributed by atoms with Crippen LogP contribution >= 0.6 is 15.9 Å². The van der Waals surface area contributed by atoms with E-state index in [1.54, 1.807) is 26.0 Å². The van der Waals surface area contributed by atoms with Gasteiger partial charge in [0.05, 0.1) is 13.2 Å². The number of benzene rings is 1. The molecule has 0 radical (unpaired) electrons. The molecule has 0 heterocycles. The lowest BCUT2D eigenvalue weighted by atomic mass is 9.71. The van der Waals surface area contributed by atoms with Crippen LogP contribution in [0.25, 0.3) is 0 Å². The number of hydrogen-bond acceptors (Lipinski definition) is 5. The minimum atomic E-state index is -0.888. The number of carbonyl (C=O) groups is 3. The summed E-state index contributed by atoms with van der Waals surface area (Å²) in [6.45, 7) is 3.89. The van der Waals surface area contributed by atoms with Crippen molar-refractivity contribution in [1.29, 1.82) is 0 Å². The summed E-state index contributed by atoms with van der Waals surface area (Å²) >= 11 is 3.55. The van der Waals surface area contributed by atoms with E-state index >= 15 is 0 Å². The number of esters is 2. The van der Waals surface area contributed by atoms with Crippen LogP contribution in [-0.4, -0.2) is 42.4 Å². The van der Waals surface area contributed by atoms with E-state index in [-0.39, 0.29) is 32.0 Å². The predicted octanol–water partition coefficient (Wildman–Crippen LogP) is 3.58. The molecule has 1 amide bonds. The summed E-state index contributed by atoms with van der Waals surface area (Å²) in [5, 5.41) is 3.67. The van der Waals surface area contributed by atoms with Crippen molar-refractivity contribution in [3.63, 3.8) is 0 Å². The van der Waals surface area contributed by atoms with Gasteiger partial charge in [0.25, 0.3) is 5.91 Å². The monoisotopic (exact) mass is 453 g/mol. The summed E-state index contributed by atoms with van der Waals surface area (Å²) in [4.78, 5) is 36.3. The van der Waals surface area contributed by atoms with Crippen LogP contribution in [-0.2, 0) is 19.1 Å². The standard InChI is InChI=1S/C21H28BrNO5/c1-3-27-19(24)12-11-18(21(26)28-4-2)23-20(25)15-7-5-14(6-8-15)17-10-9-16(17)13-22/h5-8,16-18H,3-4,9-13H2,1-2H3,(H,23,25)/t16?,17?,18-/m0/s1. The van der Waals surface area contributed by atoms with Gasteiger partial charge in [0.15, 0.2) is 0 Å². The van der Waals surface area contributed by atoms with Crippen LogP contribution in [0.15, 0.2) is 24.3 Å². The lowest BCUT2D eigenvalue weighted by Crippen LogP contribution is -2.42. The number of carbonyl (C=O) groups excluding carboxylic acids is 3. The van der Waals surface area contributed by atoms with E-state index in [2.05, 4.69) is 21.2 Å². The summed E-state index contributed by atoms with van der Waals surface area (Å²) in [6, 6.07) is 6.63. The molecule has 1 saturated carbocycles. The molecule has 1 aliphatic carbocycles. The molecule has 1 aromatic carbocycles. The quantitative estimate of drug-likeness (QED) is 0.432. The largest absolute Gasteiger partial charge is 0.466 e. The van der Waals surface area contributed by atoms with Crippen molar-refractivity contribution in [3.8, 4) is 0 Å². The molecule has 1 fully saturated rings. The van der Waals surface area contributed by atoms with E-state index in [0.717, 1.165) is 5.33 Å². The van der Waals surface area contributed by atoms with Crippen LogP contribution in [0.3, 0.4) is 0 Å². The first-order chi connectivity index (χ1) is 13.5. The third-order valence-corrected chi connectivity index (χ3v) is 5.87. The number of amides is 1. The highest BCUT2D eigenvalue weighted by Gasteiger charge is 2.31. The molecule has 0 spiro atoms. The van der Waals surface area contributed by atoms with Gasteiger partial charge in [-0.05, 0) is 62.6 Å². The van der Waals surface area contributed by atoms with E-state index < -0.39 is 18.0 Å². The number of rotatable bonds is 10. The summed E-state index contributed by atoms with van der Waals surface area (Å²) < 4.78 is 9.90. The van der Waals surface area contributed by atoms with Crippen LogP contribution in [0.4, 0.5) is 0 Å². The Labute approximate surface area is 174 Å². The Morgan fingerprint density at radius 1 is 1.11 bits per heavy atom. The summed E-state index contributed by atoms with van der Waals surface area (Å²) in [5.74, 6) is -0.133. The second kappa shape index (κ2) is 11.2. The van der Waals surface area contributed by atoms with Crippen LogP contribution in [0.5, 0.6) is 0 Å². The molecular formula is C21H28BrNO5. The molecular weight excluding hydrogens is 426 g/mol. The average Bonchev–Trinajstić information content (AvgIpc) is 2.65. The maximum atomic E-state index is 12.6. The first-order valence-electron chi connectivity index (χ1n) is 9.79. The summed E-state index contributed by atoms with van der Waals surface area (Å²) in [7, 11) is 0. The predicted molar refractivity (Wildman–Crippen MR) is 109 cm³/mol. The fraction of sp³-hybridized carbons (Fsp3) is 0.571. The zero-order valence-corrected chi connectivity index (χ0v) is 18.0. The number of ether oxygens (including phenoxy) is 2. The van der Waals surface area contributed by atoms with Crippen LogP contribution in [0.1, 0.15) is 61.4 Å². The fourth-order valence-electron chi connectivity index (χ4n) is 3.30. The molecule has 1 aliphatic rings. The molecule has 28 heavy (non-hydrogen) atoms. The van der Waals surface area contributed by atoms with E-state index in [0.29, 0.717) is 17.4 Å². The lowest BCUT2D eigenvalue weighted by Gasteiger charge is -2.36. The number of halogens is 1. The van der Waals surface area contributed by atoms with Gasteiger partial charge in [-0.2, -0.15) is 0 Å². The molecule has 1 aromatic rings. The van der Waals surface area contributed by atoms with Crippen molar-refractivity contribution in [1.82, 2.24) is 5.32 Å². The van der Waals surface area contributed by atoms with Gasteiger partial charge in [0.1, 0.15) is 6.04 Å². The molecule has 0 aromatic heterocycles. The molecule has 6 nitrogen and oxygen atoms in total. The molecule has 0 bridgehead atoms. The van der Waals surface area contributed by atoms with Crippen molar-refractivity contribution < 1.29 is 23.9 Å². The van der Waals surface area contributed by atoms with E-state index in [9.17, 15) is 14.4 Å². The minimum absolute atomic E-state index is 0.0339. The molecule has 7 heteroatoms. The smallest absolute Gasteiger partial charge is 0.328 e. The van der Waals surface area contributed by atoms with Crippen LogP contribution in [0, 0.1) is 5.92 Å². The highest BCUT2D eigenvalue weighted by atomic mass is 79.9. The van der Waals surface area contributed by atoms with E-state index in [1.165, 1.54) is 18.4 Å². The first kappa shape index (κ1) is 22.4. The summed E-state index contributed by atoms with van der Waals surface area (Å²) in [6.07, 6.45) is 2.56. The lowest BCUT2D eigenvalue weighted by molar-refractivity contribution is -0.146. The van der Waals surface area contributed by atoms with Crippen molar-refractivity contribution >= 4 is 33.8 Å². The molecule has 0 saturated heterocycles. The molecule has 1 N–H and O–H groups in total. The van der Waals surface area contributed by atoms with Gasteiger partial charge < -0.3 is 14.8 Å². The van der Waals surface area contributed by atoms with Gasteiger partial charge in [0, 0.05) is 17.3 Å². The average molecular weight is 454 g/mol. The van der Waals surface area contributed by atoms with Crippen LogP contribution in [0.2, 0.25) is 0 Å². The first-order valence-corrected chi connectivity index (χ1v) is 10.9. The van der Waals surface area contributed by atoms with Crippen molar-refractivity contribution in [2.75, 3.05) is 18.5 Å². The third kappa shape index (κ3) is 6.06. The highest BCUT2D eigenvalue weighted by Crippen LogP contribution is 2.43. The second-order valence-electron chi connectivity index (χ2n) is 6.84. The van der Waals surface area contributed by atoms with E-state index in [1.807, 2.05) is 12.1 Å². The number of nitrogens with one attached hydrogen (secondary N) is 1. The van der Waals surface area contributed by atoms with Gasteiger partial charge in [-0.25, -0.2) is 4.79 Å². The van der Waals surface area contributed by atoms with Gasteiger partial charge >= 0.3 is 11.9 Å². The fourth-order valence-corrected chi connectivity index (χ4v) is 4.08. The Hall–Kier alpha value is -1.89. The Morgan fingerprint density at radius 2 is 1.79 bits per heavy atom. The van der Waals surface area contributed by atoms with Crippen molar-refractivity contribution in [3.05, 3.63) is 35.4 Å². The molecule has 0 aliphatic heterocycles. The zero-order valence-electron chi connectivity index (χ0n) is 16.4. The maximum Gasteiger partial charge on any atom is 0.328 e. The third-order valence-electron chi connectivity index (χ3n) is 5.04. The normalized spacial score (nSPS) is 19.2. The minimum Gasteiger partial charge on any atom is -0.466 e. The van der Waals surface area contributed by atoms with Crippen molar-refractivity contribution in [2.45, 2.75) is 51.5 Å². The number of hydrogen-bond donors (Lipinski definition) is 1. The Bertz CT molecular complexity index is 674. The summed E-state index contributed by atoms with van der Waals surface area (Å²) in [5.41, 5.74) is 1.71.